The Hall–Kier alpha value is -2.61. The molecule has 29 heavy (non-hydrogen) atoms. The molecule has 152 valence electrons. The molecule has 2 fully saturated rings. The normalized spacial score (nSPS) is 21.1. The molecule has 5 rings (SSSR count). The molecule has 1 spiro atoms. The van der Waals surface area contributed by atoms with E-state index in [0.717, 1.165) is 68.5 Å². The van der Waals surface area contributed by atoms with Crippen molar-refractivity contribution in [2.75, 3.05) is 13.1 Å². The molecule has 0 bridgehead atoms. The van der Waals surface area contributed by atoms with Gasteiger partial charge >= 0.3 is 0 Å². The molecule has 4 heterocycles. The van der Waals surface area contributed by atoms with E-state index in [-0.39, 0.29) is 0 Å². The minimum Gasteiger partial charge on any atom is -0.339 e. The second kappa shape index (κ2) is 7.33. The summed E-state index contributed by atoms with van der Waals surface area (Å²) < 4.78 is 11.0. The van der Waals surface area contributed by atoms with E-state index < -0.39 is 0 Å². The van der Waals surface area contributed by atoms with Gasteiger partial charge in [0.25, 0.3) is 0 Å². The first-order chi connectivity index (χ1) is 14.1. The van der Waals surface area contributed by atoms with Gasteiger partial charge in [-0.05, 0) is 55.8 Å². The Balaban J connectivity index is 1.17. The minimum atomic E-state index is 0.312. The van der Waals surface area contributed by atoms with Gasteiger partial charge in [0.1, 0.15) is 0 Å². The van der Waals surface area contributed by atoms with Gasteiger partial charge in [-0.1, -0.05) is 24.2 Å². The average molecular weight is 394 g/mol. The summed E-state index contributed by atoms with van der Waals surface area (Å²) in [5, 5.41) is 8.25. The third-order valence-electron chi connectivity index (χ3n) is 6.16. The Morgan fingerprint density at radius 2 is 2.03 bits per heavy atom. The van der Waals surface area contributed by atoms with E-state index in [1.807, 2.05) is 12.1 Å². The van der Waals surface area contributed by atoms with Gasteiger partial charge in [-0.3, -0.25) is 9.88 Å². The van der Waals surface area contributed by atoms with E-state index in [1.165, 1.54) is 0 Å². The van der Waals surface area contributed by atoms with Crippen molar-refractivity contribution in [3.05, 3.63) is 42.1 Å². The summed E-state index contributed by atoms with van der Waals surface area (Å²) in [4.78, 5) is 15.7. The molecule has 2 aliphatic rings. The molecule has 1 aliphatic carbocycles. The van der Waals surface area contributed by atoms with Crippen LogP contribution in [0.2, 0.25) is 0 Å². The standard InChI is InChI=1S/C21H26N6O2/c1-14(2)10-17-23-18(28-25-17)13-27-8-5-21(6-9-27)11-16(21)20-24-19(26-29-20)15-4-3-7-22-12-15/h3-4,7,12,14,16H,5-6,8-11,13H2,1-2H3/t16-/m0/s1. The summed E-state index contributed by atoms with van der Waals surface area (Å²) in [7, 11) is 0. The lowest BCUT2D eigenvalue weighted by Crippen LogP contribution is -2.34. The third kappa shape index (κ3) is 3.81. The zero-order chi connectivity index (χ0) is 19.8. The molecule has 3 aromatic heterocycles. The lowest BCUT2D eigenvalue weighted by molar-refractivity contribution is 0.144. The summed E-state index contributed by atoms with van der Waals surface area (Å²) in [6.07, 6.45) is 7.77. The minimum absolute atomic E-state index is 0.312. The Morgan fingerprint density at radius 3 is 2.79 bits per heavy atom. The Kier molecular flexibility index (Phi) is 4.66. The van der Waals surface area contributed by atoms with Crippen molar-refractivity contribution in [2.45, 2.75) is 52.0 Å². The molecule has 1 aliphatic heterocycles. The van der Waals surface area contributed by atoms with Crippen molar-refractivity contribution in [3.8, 4) is 11.4 Å². The number of pyridine rings is 1. The monoisotopic (exact) mass is 394 g/mol. The number of likely N-dealkylation sites (tertiary alicyclic amines) is 1. The van der Waals surface area contributed by atoms with Crippen LogP contribution in [0.3, 0.4) is 0 Å². The molecule has 0 unspecified atom stereocenters. The van der Waals surface area contributed by atoms with Crippen LogP contribution in [0.5, 0.6) is 0 Å². The lowest BCUT2D eigenvalue weighted by Gasteiger charge is -2.31. The highest BCUT2D eigenvalue weighted by Crippen LogP contribution is 2.64. The number of piperidine rings is 1. The fraction of sp³-hybridized carbons (Fsp3) is 0.571. The zero-order valence-electron chi connectivity index (χ0n) is 16.9. The van der Waals surface area contributed by atoms with Crippen LogP contribution in [0, 0.1) is 11.3 Å². The van der Waals surface area contributed by atoms with Crippen LogP contribution >= 0.6 is 0 Å². The van der Waals surface area contributed by atoms with Crippen LogP contribution < -0.4 is 0 Å². The molecule has 8 heteroatoms. The number of nitrogens with zero attached hydrogens (tertiary/aromatic N) is 6. The molecule has 3 aromatic rings. The molecule has 0 radical (unpaired) electrons. The summed E-state index contributed by atoms with van der Waals surface area (Å²) in [6, 6.07) is 3.84. The van der Waals surface area contributed by atoms with Gasteiger partial charge in [0.05, 0.1) is 6.54 Å². The molecule has 1 saturated carbocycles. The van der Waals surface area contributed by atoms with Crippen LogP contribution in [0.15, 0.2) is 33.6 Å². The molecule has 1 atom stereocenters. The van der Waals surface area contributed by atoms with Gasteiger partial charge in [0, 0.05) is 30.3 Å². The van der Waals surface area contributed by atoms with Crippen LogP contribution in [0.1, 0.15) is 56.6 Å². The van der Waals surface area contributed by atoms with Gasteiger partial charge in [-0.15, -0.1) is 0 Å². The first-order valence-corrected chi connectivity index (χ1v) is 10.4. The Bertz CT molecular complexity index is 958. The first kappa shape index (κ1) is 18.4. The van der Waals surface area contributed by atoms with Crippen LogP contribution in [0.4, 0.5) is 0 Å². The highest BCUT2D eigenvalue weighted by molar-refractivity contribution is 5.52. The van der Waals surface area contributed by atoms with Crippen LogP contribution in [-0.4, -0.2) is 43.3 Å². The van der Waals surface area contributed by atoms with E-state index in [1.54, 1.807) is 12.4 Å². The van der Waals surface area contributed by atoms with Crippen molar-refractivity contribution < 1.29 is 9.05 Å². The highest BCUT2D eigenvalue weighted by atomic mass is 16.5. The second-order valence-electron chi connectivity index (χ2n) is 8.80. The van der Waals surface area contributed by atoms with E-state index in [0.29, 0.717) is 23.1 Å². The number of rotatable bonds is 6. The molecule has 0 aromatic carbocycles. The van der Waals surface area contributed by atoms with Crippen LogP contribution in [-0.2, 0) is 13.0 Å². The van der Waals surface area contributed by atoms with E-state index >= 15 is 0 Å². The average Bonchev–Trinajstić information content (AvgIpc) is 3.07. The number of aromatic nitrogens is 5. The fourth-order valence-electron chi connectivity index (χ4n) is 4.39. The quantitative estimate of drug-likeness (QED) is 0.627. The lowest BCUT2D eigenvalue weighted by atomic mass is 9.91. The van der Waals surface area contributed by atoms with Gasteiger partial charge in [0.2, 0.25) is 17.6 Å². The summed E-state index contributed by atoms with van der Waals surface area (Å²) in [5.41, 5.74) is 1.20. The number of hydrogen-bond acceptors (Lipinski definition) is 8. The maximum atomic E-state index is 5.59. The SMILES string of the molecule is CC(C)Cc1noc(CN2CCC3(CC2)C[C@H]3c2nc(-c3cccnc3)no2)n1. The smallest absolute Gasteiger partial charge is 0.240 e. The topological polar surface area (TPSA) is 94.0 Å². The zero-order valence-corrected chi connectivity index (χ0v) is 16.9. The van der Waals surface area contributed by atoms with E-state index in [4.69, 9.17) is 9.05 Å². The third-order valence-corrected chi connectivity index (χ3v) is 6.16. The first-order valence-electron chi connectivity index (χ1n) is 10.4. The van der Waals surface area contributed by atoms with Gasteiger partial charge < -0.3 is 9.05 Å². The van der Waals surface area contributed by atoms with Crippen molar-refractivity contribution in [2.24, 2.45) is 11.3 Å². The van der Waals surface area contributed by atoms with Crippen LogP contribution in [0.25, 0.3) is 11.4 Å². The van der Waals surface area contributed by atoms with Gasteiger partial charge in [-0.2, -0.15) is 9.97 Å². The van der Waals surface area contributed by atoms with E-state index in [9.17, 15) is 0 Å². The van der Waals surface area contributed by atoms with E-state index in [2.05, 4.69) is 44.0 Å². The molecule has 1 saturated heterocycles. The van der Waals surface area contributed by atoms with Crippen molar-refractivity contribution in [1.82, 2.24) is 30.2 Å². The Labute approximate surface area is 169 Å². The van der Waals surface area contributed by atoms with Crippen molar-refractivity contribution in [3.63, 3.8) is 0 Å². The summed E-state index contributed by atoms with van der Waals surface area (Å²) in [6.45, 7) is 7.12. The molecular formula is C21H26N6O2. The Morgan fingerprint density at radius 1 is 1.17 bits per heavy atom. The predicted molar refractivity (Wildman–Crippen MR) is 105 cm³/mol. The summed E-state index contributed by atoms with van der Waals surface area (Å²) in [5.74, 6) is 3.84. The fourth-order valence-corrected chi connectivity index (χ4v) is 4.39. The number of hydrogen-bond donors (Lipinski definition) is 0. The maximum absolute atomic E-state index is 5.59. The molecule has 0 N–H and O–H groups in total. The maximum Gasteiger partial charge on any atom is 0.240 e. The second-order valence-corrected chi connectivity index (χ2v) is 8.80. The largest absolute Gasteiger partial charge is 0.339 e. The van der Waals surface area contributed by atoms with Crippen molar-refractivity contribution >= 4 is 0 Å². The van der Waals surface area contributed by atoms with Crippen molar-refractivity contribution in [1.29, 1.82) is 0 Å². The predicted octanol–water partition coefficient (Wildman–Crippen LogP) is 3.48. The van der Waals surface area contributed by atoms with Gasteiger partial charge in [0.15, 0.2) is 5.82 Å². The highest BCUT2D eigenvalue weighted by Gasteiger charge is 2.58. The molecule has 8 nitrogen and oxygen atoms in total. The summed E-state index contributed by atoms with van der Waals surface area (Å²) >= 11 is 0. The molecular weight excluding hydrogens is 368 g/mol. The van der Waals surface area contributed by atoms with Gasteiger partial charge in [-0.25, -0.2) is 0 Å². The molecule has 0 amide bonds.